The first-order valence-corrected chi connectivity index (χ1v) is 6.83. The Labute approximate surface area is 117 Å². The quantitative estimate of drug-likeness (QED) is 0.679. The number of piperidine rings is 1. The number of benzene rings is 1. The van der Waals surface area contributed by atoms with E-state index in [1.54, 1.807) is 0 Å². The molecule has 1 heterocycles. The zero-order valence-corrected chi connectivity index (χ0v) is 11.8. The molecule has 110 valence electrons. The van der Waals surface area contributed by atoms with E-state index in [4.69, 9.17) is 0 Å². The second-order valence-electron chi connectivity index (χ2n) is 5.51. The number of likely N-dealkylation sites (tertiary alicyclic amines) is 1. The summed E-state index contributed by atoms with van der Waals surface area (Å²) in [6, 6.07) is 4.61. The van der Waals surface area contributed by atoms with Gasteiger partial charge in [0.1, 0.15) is 5.82 Å². The predicted octanol–water partition coefficient (Wildman–Crippen LogP) is 2.31. The van der Waals surface area contributed by atoms with Gasteiger partial charge in [-0.15, -0.1) is 0 Å². The molecule has 0 radical (unpaired) electrons. The number of non-ortho nitro benzene ring substituents is 1. The molecule has 0 spiro atoms. The van der Waals surface area contributed by atoms with Crippen LogP contribution < -0.4 is 5.32 Å². The number of halogens is 1. The second kappa shape index (κ2) is 6.28. The normalized spacial score (nSPS) is 23.8. The van der Waals surface area contributed by atoms with E-state index in [9.17, 15) is 14.5 Å². The van der Waals surface area contributed by atoms with Gasteiger partial charge in [-0.05, 0) is 45.0 Å². The number of nitrogens with one attached hydrogen (secondary N) is 1. The van der Waals surface area contributed by atoms with Gasteiger partial charge in [-0.1, -0.05) is 0 Å². The van der Waals surface area contributed by atoms with Gasteiger partial charge in [0.25, 0.3) is 5.69 Å². The summed E-state index contributed by atoms with van der Waals surface area (Å²) in [4.78, 5) is 12.4. The fourth-order valence-corrected chi connectivity index (χ4v) is 2.58. The molecule has 0 saturated carbocycles. The van der Waals surface area contributed by atoms with Gasteiger partial charge < -0.3 is 10.2 Å². The third-order valence-corrected chi connectivity index (χ3v) is 3.96. The summed E-state index contributed by atoms with van der Waals surface area (Å²) in [6.45, 7) is 3.67. The van der Waals surface area contributed by atoms with Crippen molar-refractivity contribution in [1.82, 2.24) is 10.2 Å². The van der Waals surface area contributed by atoms with Gasteiger partial charge in [-0.3, -0.25) is 10.1 Å². The molecule has 2 rings (SSSR count). The van der Waals surface area contributed by atoms with Crippen LogP contribution in [0.15, 0.2) is 18.2 Å². The number of nitrogens with zero attached hydrogens (tertiary/aromatic N) is 2. The smallest absolute Gasteiger partial charge is 0.272 e. The lowest BCUT2D eigenvalue weighted by Crippen LogP contribution is -2.45. The minimum Gasteiger partial charge on any atom is -0.310 e. The maximum absolute atomic E-state index is 13.3. The van der Waals surface area contributed by atoms with Crippen LogP contribution in [-0.4, -0.2) is 35.5 Å². The molecule has 1 aliphatic heterocycles. The van der Waals surface area contributed by atoms with Crippen LogP contribution in [0.25, 0.3) is 0 Å². The maximum Gasteiger partial charge on any atom is 0.272 e. The predicted molar refractivity (Wildman–Crippen MR) is 75.0 cm³/mol. The van der Waals surface area contributed by atoms with Gasteiger partial charge in [0.2, 0.25) is 0 Å². The Morgan fingerprint density at radius 1 is 1.50 bits per heavy atom. The first kappa shape index (κ1) is 14.9. The largest absolute Gasteiger partial charge is 0.310 e. The number of hydrogen-bond acceptors (Lipinski definition) is 4. The van der Waals surface area contributed by atoms with Crippen LogP contribution in [0, 0.1) is 15.9 Å². The molecule has 2 atom stereocenters. The van der Waals surface area contributed by atoms with E-state index < -0.39 is 10.7 Å². The van der Waals surface area contributed by atoms with E-state index in [0.29, 0.717) is 24.2 Å². The van der Waals surface area contributed by atoms with Crippen LogP contribution in [0.1, 0.15) is 25.3 Å². The van der Waals surface area contributed by atoms with Crippen molar-refractivity contribution < 1.29 is 9.31 Å². The molecular formula is C14H20FN3O2. The van der Waals surface area contributed by atoms with Gasteiger partial charge in [-0.2, -0.15) is 0 Å². The fourth-order valence-electron chi connectivity index (χ4n) is 2.58. The van der Waals surface area contributed by atoms with Gasteiger partial charge in [0.05, 0.1) is 11.0 Å². The molecule has 1 aliphatic rings. The van der Waals surface area contributed by atoms with Gasteiger partial charge >= 0.3 is 0 Å². The van der Waals surface area contributed by atoms with Crippen LogP contribution in [-0.2, 0) is 6.54 Å². The van der Waals surface area contributed by atoms with Crippen LogP contribution in [0.2, 0.25) is 0 Å². The van der Waals surface area contributed by atoms with Crippen molar-refractivity contribution in [3.63, 3.8) is 0 Å². The number of nitro benzene ring substituents is 1. The Hall–Kier alpha value is -1.53. The second-order valence-corrected chi connectivity index (χ2v) is 5.51. The summed E-state index contributed by atoms with van der Waals surface area (Å²) >= 11 is 0. The van der Waals surface area contributed by atoms with Crippen molar-refractivity contribution in [2.24, 2.45) is 0 Å². The Balaban J connectivity index is 1.95. The van der Waals surface area contributed by atoms with Crippen LogP contribution >= 0.6 is 0 Å². The summed E-state index contributed by atoms with van der Waals surface area (Å²) in [7, 11) is 2.11. The molecule has 0 aliphatic carbocycles. The third-order valence-electron chi connectivity index (χ3n) is 3.96. The van der Waals surface area contributed by atoms with E-state index in [0.717, 1.165) is 25.5 Å². The molecule has 1 fully saturated rings. The van der Waals surface area contributed by atoms with Gasteiger partial charge in [-0.25, -0.2) is 4.39 Å². The SMILES string of the molecule is CC1CC(NCc2cc(F)cc([N+](=O)[O-])c2)CCN1C. The minimum absolute atomic E-state index is 0.196. The van der Waals surface area contributed by atoms with E-state index in [2.05, 4.69) is 24.2 Å². The van der Waals surface area contributed by atoms with E-state index >= 15 is 0 Å². The molecule has 0 bridgehead atoms. The summed E-state index contributed by atoms with van der Waals surface area (Å²) in [5.41, 5.74) is 0.418. The van der Waals surface area contributed by atoms with Crippen molar-refractivity contribution >= 4 is 5.69 Å². The first-order valence-electron chi connectivity index (χ1n) is 6.83. The molecule has 0 amide bonds. The van der Waals surface area contributed by atoms with Crippen molar-refractivity contribution in [2.75, 3.05) is 13.6 Å². The van der Waals surface area contributed by atoms with Crippen molar-refractivity contribution in [1.29, 1.82) is 0 Å². The highest BCUT2D eigenvalue weighted by atomic mass is 19.1. The third kappa shape index (κ3) is 3.74. The molecule has 0 aromatic heterocycles. The Bertz CT molecular complexity index is 495. The summed E-state index contributed by atoms with van der Waals surface area (Å²) in [5, 5.41) is 14.1. The van der Waals surface area contributed by atoms with Crippen LogP contribution in [0.5, 0.6) is 0 Å². The van der Waals surface area contributed by atoms with Gasteiger partial charge in [0, 0.05) is 24.7 Å². The Morgan fingerprint density at radius 3 is 2.90 bits per heavy atom. The standard InChI is InChI=1S/C14H20FN3O2/c1-10-5-13(3-4-17(10)2)16-9-11-6-12(15)8-14(7-11)18(19)20/h6-8,10,13,16H,3-5,9H2,1-2H3. The monoisotopic (exact) mass is 281 g/mol. The van der Waals surface area contributed by atoms with Crippen LogP contribution in [0.4, 0.5) is 10.1 Å². The minimum atomic E-state index is -0.565. The highest BCUT2D eigenvalue weighted by Gasteiger charge is 2.22. The lowest BCUT2D eigenvalue weighted by atomic mass is 9.98. The molecule has 1 aromatic rings. The topological polar surface area (TPSA) is 58.4 Å². The van der Waals surface area contributed by atoms with Crippen molar-refractivity contribution in [3.8, 4) is 0 Å². The first-order chi connectivity index (χ1) is 9.45. The molecule has 1 N–H and O–H groups in total. The highest BCUT2D eigenvalue weighted by Crippen LogP contribution is 2.18. The lowest BCUT2D eigenvalue weighted by Gasteiger charge is -2.35. The Kier molecular flexibility index (Phi) is 4.67. The van der Waals surface area contributed by atoms with E-state index in [1.165, 1.54) is 12.1 Å². The molecule has 5 nitrogen and oxygen atoms in total. The molecule has 1 aromatic carbocycles. The average Bonchev–Trinajstić information content (AvgIpc) is 2.39. The molecule has 1 saturated heterocycles. The molecule has 6 heteroatoms. The van der Waals surface area contributed by atoms with E-state index in [-0.39, 0.29) is 5.69 Å². The fraction of sp³-hybridized carbons (Fsp3) is 0.571. The van der Waals surface area contributed by atoms with Crippen molar-refractivity contribution in [2.45, 2.75) is 38.4 Å². The molecule has 2 unspecified atom stereocenters. The van der Waals surface area contributed by atoms with E-state index in [1.807, 2.05) is 0 Å². The maximum atomic E-state index is 13.3. The zero-order valence-electron chi connectivity index (χ0n) is 11.8. The Morgan fingerprint density at radius 2 is 2.25 bits per heavy atom. The average molecular weight is 281 g/mol. The molecule has 20 heavy (non-hydrogen) atoms. The zero-order chi connectivity index (χ0) is 14.7. The number of rotatable bonds is 4. The highest BCUT2D eigenvalue weighted by molar-refractivity contribution is 5.35. The summed E-state index contributed by atoms with van der Waals surface area (Å²) in [5.74, 6) is -0.562. The van der Waals surface area contributed by atoms with Gasteiger partial charge in [0.15, 0.2) is 0 Å². The van der Waals surface area contributed by atoms with Crippen LogP contribution in [0.3, 0.4) is 0 Å². The number of hydrogen-bond donors (Lipinski definition) is 1. The van der Waals surface area contributed by atoms with Crippen molar-refractivity contribution in [3.05, 3.63) is 39.7 Å². The summed E-state index contributed by atoms with van der Waals surface area (Å²) in [6.07, 6.45) is 2.08. The lowest BCUT2D eigenvalue weighted by molar-refractivity contribution is -0.385. The summed E-state index contributed by atoms with van der Waals surface area (Å²) < 4.78 is 13.3. The number of nitro groups is 1. The molecular weight excluding hydrogens is 261 g/mol.